The Morgan fingerprint density at radius 1 is 1.05 bits per heavy atom. The Hall–Kier alpha value is -1.16. The normalized spacial score (nSPS) is 24.0. The molecule has 2 unspecified atom stereocenters. The van der Waals surface area contributed by atoms with Gasteiger partial charge in [-0.05, 0) is 18.6 Å². The quantitative estimate of drug-likeness (QED) is 0.568. The van der Waals surface area contributed by atoms with E-state index in [0.717, 1.165) is 18.4 Å². The Balaban J connectivity index is 1.81. The molecule has 0 aromatic heterocycles. The van der Waals surface area contributed by atoms with Crippen LogP contribution in [-0.2, 0) is 0 Å². The lowest BCUT2D eigenvalue weighted by molar-refractivity contribution is -0.864. The standard InChI is InChI=1S/C18H27NO2/c1-2-3-4-5-6-7-10-14-18(20)15-13-16-11-8-9-12-17(16)19(18)21/h8-9,11-13,15,19-20H,2-7,10,14H2,1H3. The summed E-state index contributed by atoms with van der Waals surface area (Å²) in [6.45, 7) is 2.22. The molecule has 2 atom stereocenters. The predicted molar refractivity (Wildman–Crippen MR) is 87.0 cm³/mol. The number of unbranched alkanes of at least 4 members (excludes halogenated alkanes) is 6. The smallest absolute Gasteiger partial charge is 0.223 e. The van der Waals surface area contributed by atoms with Crippen LogP contribution in [-0.4, -0.2) is 10.8 Å². The summed E-state index contributed by atoms with van der Waals surface area (Å²) in [5, 5.41) is 22.9. The second-order valence-electron chi connectivity index (χ2n) is 6.05. The van der Waals surface area contributed by atoms with Crippen LogP contribution in [0.4, 0.5) is 5.69 Å². The molecular weight excluding hydrogens is 262 g/mol. The Labute approximate surface area is 127 Å². The van der Waals surface area contributed by atoms with E-state index in [1.54, 1.807) is 12.1 Å². The zero-order valence-corrected chi connectivity index (χ0v) is 13.0. The molecule has 116 valence electrons. The van der Waals surface area contributed by atoms with Crippen LogP contribution >= 0.6 is 0 Å². The summed E-state index contributed by atoms with van der Waals surface area (Å²) in [5.74, 6) is 0. The van der Waals surface area contributed by atoms with Crippen molar-refractivity contribution in [1.82, 2.24) is 0 Å². The largest absolute Gasteiger partial charge is 0.626 e. The highest BCUT2D eigenvalue weighted by atomic mass is 16.5. The highest BCUT2D eigenvalue weighted by Crippen LogP contribution is 2.23. The second kappa shape index (κ2) is 7.74. The lowest BCUT2D eigenvalue weighted by atomic mass is 9.97. The van der Waals surface area contributed by atoms with E-state index < -0.39 is 5.72 Å². The molecule has 1 aromatic carbocycles. The Bertz CT molecular complexity index is 472. The van der Waals surface area contributed by atoms with Crippen LogP contribution in [0.1, 0.15) is 63.9 Å². The molecule has 0 radical (unpaired) electrons. The molecule has 3 heteroatoms. The second-order valence-corrected chi connectivity index (χ2v) is 6.05. The highest BCUT2D eigenvalue weighted by Gasteiger charge is 2.35. The van der Waals surface area contributed by atoms with Gasteiger partial charge in [-0.3, -0.25) is 0 Å². The van der Waals surface area contributed by atoms with Gasteiger partial charge in [0.05, 0.1) is 0 Å². The zero-order valence-electron chi connectivity index (χ0n) is 13.0. The number of para-hydroxylation sites is 1. The minimum atomic E-state index is -1.29. The van der Waals surface area contributed by atoms with Gasteiger partial charge >= 0.3 is 0 Å². The average Bonchev–Trinajstić information content (AvgIpc) is 2.51. The van der Waals surface area contributed by atoms with E-state index in [4.69, 9.17) is 0 Å². The third-order valence-corrected chi connectivity index (χ3v) is 4.30. The van der Waals surface area contributed by atoms with Crippen molar-refractivity contribution in [1.29, 1.82) is 0 Å². The van der Waals surface area contributed by atoms with Crippen LogP contribution in [0.15, 0.2) is 30.3 Å². The van der Waals surface area contributed by atoms with Crippen molar-refractivity contribution < 1.29 is 10.2 Å². The van der Waals surface area contributed by atoms with Crippen LogP contribution in [0.25, 0.3) is 6.08 Å². The highest BCUT2D eigenvalue weighted by molar-refractivity contribution is 5.63. The van der Waals surface area contributed by atoms with E-state index in [9.17, 15) is 10.3 Å². The fourth-order valence-electron chi connectivity index (χ4n) is 2.93. The number of hydrogen-bond acceptors (Lipinski definition) is 2. The van der Waals surface area contributed by atoms with Crippen molar-refractivity contribution in [3.63, 3.8) is 0 Å². The number of nitrogens with one attached hydrogen (secondary N) is 1. The monoisotopic (exact) mass is 289 g/mol. The molecule has 0 saturated carbocycles. The molecule has 0 fully saturated rings. The van der Waals surface area contributed by atoms with Gasteiger partial charge in [0.25, 0.3) is 0 Å². The Morgan fingerprint density at radius 2 is 1.71 bits per heavy atom. The molecule has 2 N–H and O–H groups in total. The maximum atomic E-state index is 12.4. The topological polar surface area (TPSA) is 47.7 Å². The van der Waals surface area contributed by atoms with E-state index >= 15 is 0 Å². The summed E-state index contributed by atoms with van der Waals surface area (Å²) in [5.41, 5.74) is 0.259. The minimum absolute atomic E-state index is 0.147. The number of fused-ring (bicyclic) bond motifs is 1. The number of benzene rings is 1. The first-order valence-corrected chi connectivity index (χ1v) is 8.23. The van der Waals surface area contributed by atoms with Crippen LogP contribution in [0.2, 0.25) is 0 Å². The van der Waals surface area contributed by atoms with E-state index in [0.29, 0.717) is 12.1 Å². The van der Waals surface area contributed by atoms with Crippen LogP contribution in [0.3, 0.4) is 0 Å². The summed E-state index contributed by atoms with van der Waals surface area (Å²) in [4.78, 5) is 0. The fourth-order valence-corrected chi connectivity index (χ4v) is 2.93. The maximum absolute atomic E-state index is 12.4. The summed E-state index contributed by atoms with van der Waals surface area (Å²) >= 11 is 0. The SMILES string of the molecule is CCCCCCCCCC1(O)C=Cc2ccccc2[NH+]1[O-]. The first kappa shape index (κ1) is 16.2. The first-order valence-electron chi connectivity index (χ1n) is 8.23. The Morgan fingerprint density at radius 3 is 2.48 bits per heavy atom. The predicted octanol–water partition coefficient (Wildman–Crippen LogP) is 3.56. The molecule has 1 aliphatic heterocycles. The minimum Gasteiger partial charge on any atom is -0.626 e. The number of hydroxylamine groups is 1. The van der Waals surface area contributed by atoms with Gasteiger partial charge in [-0.2, -0.15) is 0 Å². The molecule has 2 rings (SSSR count). The zero-order chi connectivity index (χ0) is 15.1. The summed E-state index contributed by atoms with van der Waals surface area (Å²) in [6, 6.07) is 7.48. The van der Waals surface area contributed by atoms with Gasteiger partial charge in [0.1, 0.15) is 5.69 Å². The number of hydrogen-bond donors (Lipinski definition) is 2. The average molecular weight is 289 g/mol. The third-order valence-electron chi connectivity index (χ3n) is 4.30. The van der Waals surface area contributed by atoms with Crippen molar-refractivity contribution in [3.8, 4) is 0 Å². The number of quaternary nitrogens is 1. The van der Waals surface area contributed by atoms with Gasteiger partial charge in [-0.15, -0.1) is 0 Å². The summed E-state index contributed by atoms with van der Waals surface area (Å²) < 4.78 is 0. The van der Waals surface area contributed by atoms with Crippen molar-refractivity contribution >= 4 is 11.8 Å². The molecule has 3 nitrogen and oxygen atoms in total. The Kier molecular flexibility index (Phi) is 5.97. The van der Waals surface area contributed by atoms with Crippen molar-refractivity contribution in [2.75, 3.05) is 0 Å². The lowest BCUT2D eigenvalue weighted by Gasteiger charge is -2.39. The van der Waals surface area contributed by atoms with Gasteiger partial charge in [0, 0.05) is 24.1 Å². The first-order chi connectivity index (χ1) is 10.2. The van der Waals surface area contributed by atoms with E-state index in [2.05, 4.69) is 6.92 Å². The molecule has 1 heterocycles. The molecule has 0 spiro atoms. The van der Waals surface area contributed by atoms with Crippen molar-refractivity contribution in [2.45, 2.75) is 64.0 Å². The molecule has 1 aliphatic rings. The fraction of sp³-hybridized carbons (Fsp3) is 0.556. The molecule has 0 bridgehead atoms. The van der Waals surface area contributed by atoms with Crippen LogP contribution < -0.4 is 5.06 Å². The maximum Gasteiger partial charge on any atom is 0.223 e. The third kappa shape index (κ3) is 4.16. The van der Waals surface area contributed by atoms with Crippen LogP contribution in [0.5, 0.6) is 0 Å². The van der Waals surface area contributed by atoms with Gasteiger partial charge in [0.2, 0.25) is 5.72 Å². The molecule has 0 amide bonds. The molecule has 0 saturated heterocycles. The van der Waals surface area contributed by atoms with Crippen molar-refractivity contribution in [2.24, 2.45) is 0 Å². The molecular formula is C18H27NO2. The summed E-state index contributed by atoms with van der Waals surface area (Å²) in [7, 11) is 0. The van der Waals surface area contributed by atoms with Crippen molar-refractivity contribution in [3.05, 3.63) is 41.1 Å². The molecule has 1 aromatic rings. The number of aliphatic hydroxyl groups is 1. The van der Waals surface area contributed by atoms with E-state index in [1.165, 1.54) is 32.1 Å². The van der Waals surface area contributed by atoms with E-state index in [-0.39, 0.29) is 5.06 Å². The lowest BCUT2D eigenvalue weighted by Crippen LogP contribution is -3.12. The van der Waals surface area contributed by atoms with Gasteiger partial charge in [-0.1, -0.05) is 57.6 Å². The van der Waals surface area contributed by atoms with Gasteiger partial charge < -0.3 is 15.4 Å². The molecule has 21 heavy (non-hydrogen) atoms. The summed E-state index contributed by atoms with van der Waals surface area (Å²) in [6.07, 6.45) is 12.4. The van der Waals surface area contributed by atoms with Gasteiger partial charge in [-0.25, -0.2) is 0 Å². The molecule has 0 aliphatic carbocycles. The van der Waals surface area contributed by atoms with Gasteiger partial charge in [0.15, 0.2) is 0 Å². The van der Waals surface area contributed by atoms with E-state index in [1.807, 2.05) is 24.3 Å². The number of rotatable bonds is 8. The van der Waals surface area contributed by atoms with Crippen LogP contribution in [0, 0.1) is 5.21 Å².